The van der Waals surface area contributed by atoms with Gasteiger partial charge in [0.05, 0.1) is 11.2 Å². The van der Waals surface area contributed by atoms with Crippen LogP contribution in [0.1, 0.15) is 10.5 Å². The molecule has 4 heteroatoms. The zero-order valence-corrected chi connectivity index (χ0v) is 10.7. The van der Waals surface area contributed by atoms with Crippen molar-refractivity contribution >= 4 is 22.5 Å². The fourth-order valence-electron chi connectivity index (χ4n) is 1.91. The fraction of sp³-hybridized carbons (Fsp3) is 0. The Kier molecular flexibility index (Phi) is 3.29. The highest BCUT2D eigenvalue weighted by molar-refractivity contribution is 5.95. The topological polar surface area (TPSA) is 54.0 Å². The van der Waals surface area contributed by atoms with Crippen molar-refractivity contribution in [2.45, 2.75) is 0 Å². The second kappa shape index (κ2) is 5.40. The molecule has 0 saturated heterocycles. The number of aromatic nitrogens is 1. The second-order valence-electron chi connectivity index (χ2n) is 4.33. The first kappa shape index (κ1) is 12.2. The summed E-state index contributed by atoms with van der Waals surface area (Å²) in [6, 6.07) is 20.7. The summed E-state index contributed by atoms with van der Waals surface area (Å²) in [5.41, 5.74) is 7.49. The van der Waals surface area contributed by atoms with Crippen molar-refractivity contribution in [2.75, 3.05) is 5.43 Å². The molecule has 20 heavy (non-hydrogen) atoms. The number of amides is 1. The molecule has 2 N–H and O–H groups in total. The first-order valence-electron chi connectivity index (χ1n) is 6.30. The van der Waals surface area contributed by atoms with Crippen LogP contribution in [0, 0.1) is 0 Å². The minimum atomic E-state index is -0.264. The first-order valence-corrected chi connectivity index (χ1v) is 6.30. The van der Waals surface area contributed by atoms with Crippen LogP contribution in [-0.2, 0) is 0 Å². The molecule has 0 spiro atoms. The minimum Gasteiger partial charge on any atom is -0.298 e. The van der Waals surface area contributed by atoms with Gasteiger partial charge in [0.1, 0.15) is 5.69 Å². The number of benzene rings is 2. The second-order valence-corrected chi connectivity index (χ2v) is 4.33. The van der Waals surface area contributed by atoms with E-state index in [1.54, 1.807) is 6.07 Å². The maximum Gasteiger partial charge on any atom is 0.288 e. The lowest BCUT2D eigenvalue weighted by Crippen LogP contribution is -2.29. The van der Waals surface area contributed by atoms with E-state index in [0.717, 1.165) is 16.6 Å². The third-order valence-corrected chi connectivity index (χ3v) is 2.93. The predicted molar refractivity (Wildman–Crippen MR) is 79.3 cm³/mol. The van der Waals surface area contributed by atoms with Crippen molar-refractivity contribution in [2.24, 2.45) is 0 Å². The highest BCUT2D eigenvalue weighted by Crippen LogP contribution is 2.11. The van der Waals surface area contributed by atoms with Gasteiger partial charge >= 0.3 is 0 Å². The molecule has 1 amide bonds. The summed E-state index contributed by atoms with van der Waals surface area (Å²) < 4.78 is 0. The van der Waals surface area contributed by atoms with Crippen molar-refractivity contribution < 1.29 is 4.79 Å². The van der Waals surface area contributed by atoms with Crippen LogP contribution in [0.2, 0.25) is 0 Å². The Labute approximate surface area is 116 Å². The van der Waals surface area contributed by atoms with Gasteiger partial charge in [0, 0.05) is 5.39 Å². The Balaban J connectivity index is 1.75. The SMILES string of the molecule is O=C(NNc1ccccc1)c1ccc2ccccc2n1. The Morgan fingerprint density at radius 3 is 2.45 bits per heavy atom. The van der Waals surface area contributed by atoms with Crippen LogP contribution in [0.4, 0.5) is 5.69 Å². The van der Waals surface area contributed by atoms with Gasteiger partial charge in [-0.3, -0.25) is 15.6 Å². The Hall–Kier alpha value is -2.88. The maximum atomic E-state index is 12.0. The normalized spacial score (nSPS) is 10.2. The average Bonchev–Trinajstić information content (AvgIpc) is 2.53. The molecule has 0 unspecified atom stereocenters. The third kappa shape index (κ3) is 2.59. The molecule has 1 aromatic heterocycles. The molecule has 0 aliphatic heterocycles. The smallest absolute Gasteiger partial charge is 0.288 e. The zero-order chi connectivity index (χ0) is 13.8. The highest BCUT2D eigenvalue weighted by atomic mass is 16.2. The summed E-state index contributed by atoms with van der Waals surface area (Å²) in [7, 11) is 0. The molecule has 0 atom stereocenters. The number of hydrogen-bond donors (Lipinski definition) is 2. The molecule has 0 radical (unpaired) electrons. The van der Waals surface area contributed by atoms with Gasteiger partial charge in [0.2, 0.25) is 0 Å². The van der Waals surface area contributed by atoms with Crippen LogP contribution in [0.3, 0.4) is 0 Å². The lowest BCUT2D eigenvalue weighted by molar-refractivity contribution is 0.0958. The van der Waals surface area contributed by atoms with E-state index in [0.29, 0.717) is 5.69 Å². The number of carbonyl (C=O) groups excluding carboxylic acids is 1. The Morgan fingerprint density at radius 2 is 1.60 bits per heavy atom. The summed E-state index contributed by atoms with van der Waals surface area (Å²) >= 11 is 0. The van der Waals surface area contributed by atoms with Crippen LogP contribution in [-0.4, -0.2) is 10.9 Å². The molecule has 0 fully saturated rings. The molecule has 0 bridgehead atoms. The lowest BCUT2D eigenvalue weighted by atomic mass is 10.2. The van der Waals surface area contributed by atoms with Gasteiger partial charge in [0.25, 0.3) is 5.91 Å². The van der Waals surface area contributed by atoms with Crippen LogP contribution < -0.4 is 10.9 Å². The molecule has 3 rings (SSSR count). The number of para-hydroxylation sites is 2. The molecule has 4 nitrogen and oxygen atoms in total. The number of anilines is 1. The number of hydrazine groups is 1. The Morgan fingerprint density at radius 1 is 0.850 bits per heavy atom. The van der Waals surface area contributed by atoms with E-state index in [-0.39, 0.29) is 5.91 Å². The van der Waals surface area contributed by atoms with Gasteiger partial charge in [-0.05, 0) is 24.3 Å². The number of nitrogens with one attached hydrogen (secondary N) is 2. The first-order chi connectivity index (χ1) is 9.83. The lowest BCUT2D eigenvalue weighted by Gasteiger charge is -2.08. The summed E-state index contributed by atoms with van der Waals surface area (Å²) in [5, 5.41) is 1.01. The predicted octanol–water partition coefficient (Wildman–Crippen LogP) is 2.99. The van der Waals surface area contributed by atoms with Crippen LogP contribution in [0.5, 0.6) is 0 Å². The van der Waals surface area contributed by atoms with E-state index in [1.807, 2.05) is 60.7 Å². The minimum absolute atomic E-state index is 0.264. The van der Waals surface area contributed by atoms with Crippen molar-refractivity contribution in [1.29, 1.82) is 0 Å². The summed E-state index contributed by atoms with van der Waals surface area (Å²) in [4.78, 5) is 16.4. The Bertz CT molecular complexity index is 741. The fourth-order valence-corrected chi connectivity index (χ4v) is 1.91. The number of fused-ring (bicyclic) bond motifs is 1. The van der Waals surface area contributed by atoms with E-state index in [4.69, 9.17) is 0 Å². The van der Waals surface area contributed by atoms with Gasteiger partial charge in [-0.1, -0.05) is 42.5 Å². The maximum absolute atomic E-state index is 12.0. The van der Waals surface area contributed by atoms with Gasteiger partial charge in [-0.15, -0.1) is 0 Å². The monoisotopic (exact) mass is 263 g/mol. The van der Waals surface area contributed by atoms with E-state index in [1.165, 1.54) is 0 Å². The highest BCUT2D eigenvalue weighted by Gasteiger charge is 2.07. The zero-order valence-electron chi connectivity index (χ0n) is 10.7. The van der Waals surface area contributed by atoms with E-state index in [2.05, 4.69) is 15.8 Å². The van der Waals surface area contributed by atoms with Crippen LogP contribution in [0.25, 0.3) is 10.9 Å². The van der Waals surface area contributed by atoms with Gasteiger partial charge in [0.15, 0.2) is 0 Å². The van der Waals surface area contributed by atoms with Gasteiger partial charge < -0.3 is 0 Å². The molecule has 0 aliphatic rings. The molecular weight excluding hydrogens is 250 g/mol. The largest absolute Gasteiger partial charge is 0.298 e. The van der Waals surface area contributed by atoms with Crippen molar-refractivity contribution in [1.82, 2.24) is 10.4 Å². The number of nitrogens with zero attached hydrogens (tertiary/aromatic N) is 1. The van der Waals surface area contributed by atoms with Gasteiger partial charge in [-0.2, -0.15) is 0 Å². The molecule has 2 aromatic carbocycles. The average molecular weight is 263 g/mol. The molecular formula is C16H13N3O. The van der Waals surface area contributed by atoms with Crippen LogP contribution >= 0.6 is 0 Å². The summed E-state index contributed by atoms with van der Waals surface area (Å²) in [6.07, 6.45) is 0. The van der Waals surface area contributed by atoms with E-state index < -0.39 is 0 Å². The molecule has 0 saturated carbocycles. The molecule has 98 valence electrons. The standard InChI is InChI=1S/C16H13N3O/c20-16(19-18-13-7-2-1-3-8-13)15-11-10-12-6-4-5-9-14(12)17-15/h1-11,18H,(H,19,20). The third-order valence-electron chi connectivity index (χ3n) is 2.93. The van der Waals surface area contributed by atoms with Gasteiger partial charge in [-0.25, -0.2) is 4.98 Å². The quantitative estimate of drug-likeness (QED) is 0.714. The van der Waals surface area contributed by atoms with Crippen molar-refractivity contribution in [3.63, 3.8) is 0 Å². The molecule has 1 heterocycles. The van der Waals surface area contributed by atoms with Crippen LogP contribution in [0.15, 0.2) is 66.7 Å². The van der Waals surface area contributed by atoms with Crippen molar-refractivity contribution in [3.8, 4) is 0 Å². The van der Waals surface area contributed by atoms with Crippen molar-refractivity contribution in [3.05, 3.63) is 72.4 Å². The summed E-state index contributed by atoms with van der Waals surface area (Å²) in [6.45, 7) is 0. The number of pyridine rings is 1. The number of hydrogen-bond acceptors (Lipinski definition) is 3. The molecule has 3 aromatic rings. The number of carbonyl (C=O) groups is 1. The number of rotatable bonds is 3. The summed E-state index contributed by atoms with van der Waals surface area (Å²) in [5.74, 6) is -0.264. The molecule has 0 aliphatic carbocycles. The van der Waals surface area contributed by atoms with E-state index in [9.17, 15) is 4.79 Å². The van der Waals surface area contributed by atoms with E-state index >= 15 is 0 Å².